The smallest absolute Gasteiger partial charge is 0.408 e. The number of carbonyl (C=O) groups is 2. The van der Waals surface area contributed by atoms with Crippen molar-refractivity contribution in [1.29, 1.82) is 0 Å². The molecule has 1 amide bonds. The molecule has 0 aliphatic rings. The van der Waals surface area contributed by atoms with Crippen LogP contribution < -0.4 is 9.62 Å². The number of aromatic carboxylic acids is 1. The van der Waals surface area contributed by atoms with Crippen LogP contribution in [0, 0.1) is 6.92 Å². The molecule has 3 aromatic rings. The van der Waals surface area contributed by atoms with Crippen molar-refractivity contribution in [3.05, 3.63) is 65.5 Å². The fourth-order valence-electron chi connectivity index (χ4n) is 2.84. The van der Waals surface area contributed by atoms with E-state index in [2.05, 4.69) is 34.6 Å². The van der Waals surface area contributed by atoms with Gasteiger partial charge in [-0.05, 0) is 52.8 Å². The lowest BCUT2D eigenvalue weighted by molar-refractivity contribution is 0.0500. The van der Waals surface area contributed by atoms with Gasteiger partial charge < -0.3 is 19.6 Å². The highest BCUT2D eigenvalue weighted by molar-refractivity contribution is 7.92. The van der Waals surface area contributed by atoms with Gasteiger partial charge in [0.1, 0.15) is 11.6 Å². The number of ether oxygens (including phenoxy) is 1. The van der Waals surface area contributed by atoms with E-state index < -0.39 is 33.7 Å². The third-order valence-electron chi connectivity index (χ3n) is 4.76. The summed E-state index contributed by atoms with van der Waals surface area (Å²) in [5.41, 5.74) is 0.819. The molecule has 0 saturated heterocycles. The molecule has 11 nitrogen and oxygen atoms in total. The van der Waals surface area contributed by atoms with Gasteiger partial charge in [0.15, 0.2) is 0 Å². The van der Waals surface area contributed by atoms with E-state index in [9.17, 15) is 23.1 Å². The van der Waals surface area contributed by atoms with Gasteiger partial charge in [0.25, 0.3) is 0 Å². The number of nitrogens with zero attached hydrogens (tertiary/aromatic N) is 3. The molecule has 1 heterocycles. The second-order valence-electron chi connectivity index (χ2n) is 9.27. The number of carboxylic acid groups (broad SMARTS) is 1. The first kappa shape index (κ1) is 29.3. The predicted molar refractivity (Wildman–Crippen MR) is 139 cm³/mol. The number of hydrogen-bond donors (Lipinski definition) is 2. The molecule has 12 heteroatoms. The molecule has 200 valence electrons. The van der Waals surface area contributed by atoms with Gasteiger partial charge in [-0.1, -0.05) is 35.9 Å². The molecule has 1 unspecified atom stereocenters. The molecule has 0 spiro atoms. The van der Waals surface area contributed by atoms with Crippen LogP contribution in [0.3, 0.4) is 0 Å². The van der Waals surface area contributed by atoms with Crippen molar-refractivity contribution in [2.75, 3.05) is 17.6 Å². The first-order valence-corrected chi connectivity index (χ1v) is 13.1. The lowest BCUT2D eigenvalue weighted by Crippen LogP contribution is -2.34. The Balaban J connectivity index is 0.000000591. The van der Waals surface area contributed by atoms with E-state index in [1.54, 1.807) is 27.7 Å². The largest absolute Gasteiger partial charge is 0.478 e. The number of anilines is 1. The van der Waals surface area contributed by atoms with Crippen LogP contribution in [0.25, 0.3) is 11.5 Å². The van der Waals surface area contributed by atoms with E-state index in [1.807, 2.05) is 18.2 Å². The molecule has 2 N–H and O–H groups in total. The van der Waals surface area contributed by atoms with E-state index in [0.717, 1.165) is 10.6 Å². The minimum atomic E-state index is -3.62. The van der Waals surface area contributed by atoms with Gasteiger partial charge in [-0.25, -0.2) is 18.0 Å². The fraction of sp³-hybridized carbons (Fsp3) is 0.360. The molecule has 0 aliphatic heterocycles. The van der Waals surface area contributed by atoms with E-state index in [4.69, 9.17) is 9.15 Å². The Morgan fingerprint density at radius 2 is 1.73 bits per heavy atom. The first-order valence-electron chi connectivity index (χ1n) is 11.2. The highest BCUT2D eigenvalue weighted by Crippen LogP contribution is 2.28. The van der Waals surface area contributed by atoms with Crippen molar-refractivity contribution in [3.8, 4) is 11.5 Å². The molecule has 0 aliphatic carbocycles. The number of sulfonamides is 1. The Morgan fingerprint density at radius 1 is 1.11 bits per heavy atom. The molecule has 3 rings (SSSR count). The maximum Gasteiger partial charge on any atom is 0.408 e. The second kappa shape index (κ2) is 11.9. The van der Waals surface area contributed by atoms with Crippen LogP contribution in [0.2, 0.25) is 0 Å². The number of amides is 1. The van der Waals surface area contributed by atoms with Gasteiger partial charge in [-0.3, -0.25) is 4.31 Å². The highest BCUT2D eigenvalue weighted by Gasteiger charge is 2.23. The number of aromatic nitrogens is 2. The van der Waals surface area contributed by atoms with Crippen molar-refractivity contribution in [2.24, 2.45) is 0 Å². The Morgan fingerprint density at radius 3 is 2.22 bits per heavy atom. The first-order chi connectivity index (χ1) is 17.1. The minimum Gasteiger partial charge on any atom is -0.478 e. The summed E-state index contributed by atoms with van der Waals surface area (Å²) in [6, 6.07) is 13.5. The van der Waals surface area contributed by atoms with Gasteiger partial charge >= 0.3 is 12.1 Å². The van der Waals surface area contributed by atoms with Crippen LogP contribution in [-0.2, 0) is 14.8 Å². The number of nitrogens with one attached hydrogen (secondary N) is 1. The minimum absolute atomic E-state index is 0.0333. The monoisotopic (exact) mass is 532 g/mol. The van der Waals surface area contributed by atoms with Crippen LogP contribution in [0.1, 0.15) is 55.5 Å². The standard InChI is InChI=1S/C18H24N4O7S.C7H8/c1-10(19-17(25)29-18(2,3)4)14-20-21-15(28-14)11-7-12(16(23)24)9-13(8-11)22(5)30(6,26)27;1-7-5-3-2-4-6-7/h7-10H,1-6H3,(H,19,25)(H,23,24);2-6H,1H3. The zero-order chi connectivity index (χ0) is 28.0. The van der Waals surface area contributed by atoms with Gasteiger partial charge in [0.05, 0.1) is 17.5 Å². The lowest BCUT2D eigenvalue weighted by Gasteiger charge is -2.20. The fourth-order valence-corrected chi connectivity index (χ4v) is 3.33. The predicted octanol–water partition coefficient (Wildman–Crippen LogP) is 4.41. The molecule has 0 saturated carbocycles. The SMILES string of the molecule is CC(NC(=O)OC(C)(C)C)c1nnc(-c2cc(C(=O)O)cc(N(C)S(C)(=O)=O)c2)o1.Cc1ccccc1. The molecule has 0 fully saturated rings. The number of benzene rings is 2. The van der Waals surface area contributed by atoms with Gasteiger partial charge in [-0.15, -0.1) is 10.2 Å². The van der Waals surface area contributed by atoms with Crippen molar-refractivity contribution >= 4 is 27.8 Å². The summed E-state index contributed by atoms with van der Waals surface area (Å²) in [6.45, 7) is 8.87. The third kappa shape index (κ3) is 9.22. The van der Waals surface area contributed by atoms with E-state index in [0.29, 0.717) is 0 Å². The highest BCUT2D eigenvalue weighted by atomic mass is 32.2. The van der Waals surface area contributed by atoms with Gasteiger partial charge in [-0.2, -0.15) is 0 Å². The van der Waals surface area contributed by atoms with E-state index in [1.165, 1.54) is 30.8 Å². The number of rotatable bonds is 6. The Hall–Kier alpha value is -3.93. The summed E-state index contributed by atoms with van der Waals surface area (Å²) in [6.07, 6.45) is 0.328. The normalized spacial score (nSPS) is 12.1. The van der Waals surface area contributed by atoms with Crippen LogP contribution in [-0.4, -0.2) is 54.7 Å². The quantitative estimate of drug-likeness (QED) is 0.470. The Bertz CT molecular complexity index is 1330. The lowest BCUT2D eigenvalue weighted by atomic mass is 10.1. The van der Waals surface area contributed by atoms with Gasteiger partial charge in [0, 0.05) is 12.6 Å². The number of aryl methyl sites for hydroxylation is 1. The summed E-state index contributed by atoms with van der Waals surface area (Å²) in [5.74, 6) is -1.22. The maximum atomic E-state index is 11.9. The summed E-state index contributed by atoms with van der Waals surface area (Å²) in [4.78, 5) is 23.4. The van der Waals surface area contributed by atoms with Crippen LogP contribution >= 0.6 is 0 Å². The third-order valence-corrected chi connectivity index (χ3v) is 5.96. The van der Waals surface area contributed by atoms with Gasteiger partial charge in [0.2, 0.25) is 21.8 Å². The Labute approximate surface area is 216 Å². The molecule has 0 radical (unpaired) electrons. The van der Waals surface area contributed by atoms with Crippen molar-refractivity contribution in [3.63, 3.8) is 0 Å². The van der Waals surface area contributed by atoms with Crippen molar-refractivity contribution < 1.29 is 32.3 Å². The molecular weight excluding hydrogens is 500 g/mol. The molecule has 2 aromatic carbocycles. The average Bonchev–Trinajstić information content (AvgIpc) is 3.28. The van der Waals surface area contributed by atoms with Crippen LogP contribution in [0.15, 0.2) is 52.9 Å². The molecule has 1 aromatic heterocycles. The van der Waals surface area contributed by atoms with Crippen molar-refractivity contribution in [2.45, 2.75) is 46.3 Å². The summed E-state index contributed by atoms with van der Waals surface area (Å²) in [5, 5.41) is 19.7. The summed E-state index contributed by atoms with van der Waals surface area (Å²) in [7, 11) is -2.32. The summed E-state index contributed by atoms with van der Waals surface area (Å²) < 4.78 is 35.3. The maximum absolute atomic E-state index is 11.9. The number of carbonyl (C=O) groups excluding carboxylic acids is 1. The Kier molecular flexibility index (Phi) is 9.40. The topological polar surface area (TPSA) is 152 Å². The molecule has 37 heavy (non-hydrogen) atoms. The molecule has 1 atom stereocenters. The van der Waals surface area contributed by atoms with E-state index in [-0.39, 0.29) is 28.6 Å². The summed E-state index contributed by atoms with van der Waals surface area (Å²) >= 11 is 0. The second-order valence-corrected chi connectivity index (χ2v) is 11.3. The number of alkyl carbamates (subject to hydrolysis) is 1. The zero-order valence-electron chi connectivity index (χ0n) is 21.8. The molecule has 0 bridgehead atoms. The number of carboxylic acids is 1. The van der Waals surface area contributed by atoms with Crippen LogP contribution in [0.4, 0.5) is 10.5 Å². The van der Waals surface area contributed by atoms with Crippen molar-refractivity contribution in [1.82, 2.24) is 15.5 Å². The van der Waals surface area contributed by atoms with Crippen LogP contribution in [0.5, 0.6) is 0 Å². The average molecular weight is 533 g/mol. The zero-order valence-corrected chi connectivity index (χ0v) is 22.7. The van der Waals surface area contributed by atoms with E-state index >= 15 is 0 Å². The number of hydrogen-bond acceptors (Lipinski definition) is 8. The molecular formula is C25H32N4O7S.